The van der Waals surface area contributed by atoms with Crippen molar-refractivity contribution in [3.8, 4) is 0 Å². The summed E-state index contributed by atoms with van der Waals surface area (Å²) in [5, 5.41) is 5.03. The summed E-state index contributed by atoms with van der Waals surface area (Å²) >= 11 is 5.62. The molecule has 0 bridgehead atoms. The number of hydrogen-bond acceptors (Lipinski definition) is 3. The molecule has 0 aliphatic heterocycles. The predicted octanol–water partition coefficient (Wildman–Crippen LogP) is 2.17. The third-order valence-electron chi connectivity index (χ3n) is 2.89. The lowest BCUT2D eigenvalue weighted by Gasteiger charge is -2.09. The molecule has 0 radical (unpaired) electrons. The van der Waals surface area contributed by atoms with Gasteiger partial charge in [-0.05, 0) is 25.1 Å². The van der Waals surface area contributed by atoms with Crippen molar-refractivity contribution in [1.82, 2.24) is 14.9 Å². The molecule has 1 aromatic carbocycles. The molecular formula is C14H14ClFN4O2. The molecule has 2 N–H and O–H groups in total. The van der Waals surface area contributed by atoms with E-state index in [9.17, 15) is 14.0 Å². The van der Waals surface area contributed by atoms with Crippen LogP contribution in [0.3, 0.4) is 0 Å². The van der Waals surface area contributed by atoms with Gasteiger partial charge in [0, 0.05) is 30.5 Å². The van der Waals surface area contributed by atoms with E-state index in [1.165, 1.54) is 29.2 Å². The number of nitrogens with one attached hydrogen (secondary N) is 2. The highest BCUT2D eigenvalue weighted by molar-refractivity contribution is 6.31. The third kappa shape index (κ3) is 4.05. The van der Waals surface area contributed by atoms with Gasteiger partial charge in [-0.25, -0.2) is 14.2 Å². The number of hydrogen-bond donors (Lipinski definition) is 2. The molecule has 0 saturated carbocycles. The van der Waals surface area contributed by atoms with Gasteiger partial charge >= 0.3 is 6.03 Å². The lowest BCUT2D eigenvalue weighted by atomic mass is 10.3. The van der Waals surface area contributed by atoms with Crippen LogP contribution >= 0.6 is 11.6 Å². The van der Waals surface area contributed by atoms with Crippen LogP contribution in [0.4, 0.5) is 14.9 Å². The Bertz CT molecular complexity index is 748. The summed E-state index contributed by atoms with van der Waals surface area (Å²) in [5.74, 6) is -0.557. The van der Waals surface area contributed by atoms with Gasteiger partial charge in [0.2, 0.25) is 0 Å². The molecule has 116 valence electrons. The number of aryl methyl sites for hydroxylation is 1. The fourth-order valence-electron chi connectivity index (χ4n) is 1.76. The summed E-state index contributed by atoms with van der Waals surface area (Å²) in [6, 6.07) is 3.40. The molecule has 2 rings (SSSR count). The molecule has 22 heavy (non-hydrogen) atoms. The number of halogens is 2. The Labute approximate surface area is 130 Å². The standard InChI is InChI=1S/C14H14ClFN4O2/c1-9-7-17-8-20(13(9)21)5-4-18-14(22)19-10-2-3-12(16)11(15)6-10/h2-3,6-8H,4-5H2,1H3,(H2,18,19,22). The molecule has 0 atom stereocenters. The maximum absolute atomic E-state index is 13.0. The number of amides is 2. The zero-order valence-electron chi connectivity index (χ0n) is 11.8. The number of carbonyl (C=O) groups is 1. The second-order valence-electron chi connectivity index (χ2n) is 4.58. The van der Waals surface area contributed by atoms with E-state index in [1.807, 2.05) is 0 Å². The van der Waals surface area contributed by atoms with Crippen LogP contribution < -0.4 is 16.2 Å². The van der Waals surface area contributed by atoms with Crippen LogP contribution in [-0.2, 0) is 6.54 Å². The molecule has 0 spiro atoms. The zero-order chi connectivity index (χ0) is 16.1. The number of urea groups is 1. The molecule has 2 amide bonds. The van der Waals surface area contributed by atoms with Crippen molar-refractivity contribution in [2.75, 3.05) is 11.9 Å². The number of nitrogens with zero attached hydrogens (tertiary/aromatic N) is 2. The summed E-state index contributed by atoms with van der Waals surface area (Å²) < 4.78 is 14.4. The highest BCUT2D eigenvalue weighted by Crippen LogP contribution is 2.19. The Morgan fingerprint density at radius 3 is 2.95 bits per heavy atom. The summed E-state index contributed by atoms with van der Waals surface area (Å²) in [6.07, 6.45) is 2.89. The average Bonchev–Trinajstić information content (AvgIpc) is 2.47. The smallest absolute Gasteiger partial charge is 0.319 e. The topological polar surface area (TPSA) is 76.0 Å². The number of carbonyl (C=O) groups excluding carboxylic acids is 1. The van der Waals surface area contributed by atoms with Crippen molar-refractivity contribution in [3.63, 3.8) is 0 Å². The van der Waals surface area contributed by atoms with Gasteiger partial charge in [-0.15, -0.1) is 0 Å². The van der Waals surface area contributed by atoms with Crippen molar-refractivity contribution < 1.29 is 9.18 Å². The zero-order valence-corrected chi connectivity index (χ0v) is 12.5. The summed E-state index contributed by atoms with van der Waals surface area (Å²) in [5.41, 5.74) is 0.758. The quantitative estimate of drug-likeness (QED) is 0.905. The van der Waals surface area contributed by atoms with Gasteiger partial charge in [0.25, 0.3) is 5.56 Å². The SMILES string of the molecule is Cc1cncn(CCNC(=O)Nc2ccc(F)c(Cl)c2)c1=O. The second-order valence-corrected chi connectivity index (χ2v) is 4.99. The highest BCUT2D eigenvalue weighted by Gasteiger charge is 2.05. The van der Waals surface area contributed by atoms with E-state index < -0.39 is 11.8 Å². The second kappa shape index (κ2) is 7.04. The van der Waals surface area contributed by atoms with E-state index in [1.54, 1.807) is 6.92 Å². The van der Waals surface area contributed by atoms with Gasteiger partial charge in [0.05, 0.1) is 11.3 Å². The van der Waals surface area contributed by atoms with Crippen LogP contribution in [0, 0.1) is 12.7 Å². The van der Waals surface area contributed by atoms with Crippen molar-refractivity contribution in [2.24, 2.45) is 0 Å². The van der Waals surface area contributed by atoms with Gasteiger partial charge in [-0.3, -0.25) is 9.36 Å². The molecule has 8 heteroatoms. The Morgan fingerprint density at radius 1 is 1.45 bits per heavy atom. The lowest BCUT2D eigenvalue weighted by molar-refractivity contribution is 0.251. The molecule has 1 aromatic heterocycles. The molecule has 2 aromatic rings. The minimum Gasteiger partial charge on any atom is -0.336 e. The van der Waals surface area contributed by atoms with Gasteiger partial charge < -0.3 is 10.6 Å². The third-order valence-corrected chi connectivity index (χ3v) is 3.18. The Kier molecular flexibility index (Phi) is 5.11. The molecule has 0 fully saturated rings. The first-order valence-electron chi connectivity index (χ1n) is 6.48. The van der Waals surface area contributed by atoms with Gasteiger partial charge in [-0.1, -0.05) is 11.6 Å². The molecule has 0 saturated heterocycles. The van der Waals surface area contributed by atoms with Crippen molar-refractivity contribution in [2.45, 2.75) is 13.5 Å². The van der Waals surface area contributed by atoms with Gasteiger partial charge in [0.15, 0.2) is 0 Å². The number of aromatic nitrogens is 2. The molecule has 0 aliphatic carbocycles. The van der Waals surface area contributed by atoms with Crippen LogP contribution in [-0.4, -0.2) is 22.1 Å². The van der Waals surface area contributed by atoms with Crippen LogP contribution in [0.2, 0.25) is 5.02 Å². The number of anilines is 1. The maximum atomic E-state index is 13.0. The monoisotopic (exact) mass is 324 g/mol. The van der Waals surface area contributed by atoms with Gasteiger partial charge in [0.1, 0.15) is 5.82 Å². The first-order valence-corrected chi connectivity index (χ1v) is 6.86. The first-order chi connectivity index (χ1) is 10.5. The molecule has 1 heterocycles. The molecule has 0 unspecified atom stereocenters. The fraction of sp³-hybridized carbons (Fsp3) is 0.214. The summed E-state index contributed by atoms with van der Waals surface area (Å²) in [4.78, 5) is 27.4. The van der Waals surface area contributed by atoms with Crippen molar-refractivity contribution >= 4 is 23.3 Å². The van der Waals surface area contributed by atoms with Gasteiger partial charge in [-0.2, -0.15) is 0 Å². The largest absolute Gasteiger partial charge is 0.336 e. The summed E-state index contributed by atoms with van der Waals surface area (Å²) in [7, 11) is 0. The number of benzene rings is 1. The van der Waals surface area contributed by atoms with E-state index in [-0.39, 0.29) is 17.1 Å². The Hall–Kier alpha value is -2.41. The molecule has 0 aliphatic rings. The van der Waals surface area contributed by atoms with E-state index in [0.29, 0.717) is 17.8 Å². The predicted molar refractivity (Wildman–Crippen MR) is 81.7 cm³/mol. The van der Waals surface area contributed by atoms with E-state index in [0.717, 1.165) is 6.07 Å². The van der Waals surface area contributed by atoms with E-state index >= 15 is 0 Å². The van der Waals surface area contributed by atoms with Crippen molar-refractivity contribution in [1.29, 1.82) is 0 Å². The van der Waals surface area contributed by atoms with Crippen LogP contribution in [0.25, 0.3) is 0 Å². The van der Waals surface area contributed by atoms with E-state index in [4.69, 9.17) is 11.6 Å². The fourth-order valence-corrected chi connectivity index (χ4v) is 1.94. The maximum Gasteiger partial charge on any atom is 0.319 e. The Balaban J connectivity index is 1.86. The Morgan fingerprint density at radius 2 is 2.23 bits per heavy atom. The molecular weight excluding hydrogens is 311 g/mol. The minimum atomic E-state index is -0.557. The lowest BCUT2D eigenvalue weighted by Crippen LogP contribution is -2.34. The van der Waals surface area contributed by atoms with Crippen LogP contribution in [0.1, 0.15) is 5.56 Å². The highest BCUT2D eigenvalue weighted by atomic mass is 35.5. The summed E-state index contributed by atoms with van der Waals surface area (Å²) in [6.45, 7) is 2.21. The first kappa shape index (κ1) is 16.0. The average molecular weight is 325 g/mol. The van der Waals surface area contributed by atoms with Crippen LogP contribution in [0.15, 0.2) is 35.5 Å². The minimum absolute atomic E-state index is 0.0739. The normalized spacial score (nSPS) is 10.3. The number of rotatable bonds is 4. The van der Waals surface area contributed by atoms with E-state index in [2.05, 4.69) is 15.6 Å². The van der Waals surface area contributed by atoms with Crippen LogP contribution in [0.5, 0.6) is 0 Å². The van der Waals surface area contributed by atoms with Crippen molar-refractivity contribution in [3.05, 3.63) is 57.5 Å². The molecule has 6 nitrogen and oxygen atoms in total.